The Labute approximate surface area is 101 Å². The van der Waals surface area contributed by atoms with Crippen molar-refractivity contribution in [2.75, 3.05) is 32.1 Å². The quantitative estimate of drug-likeness (QED) is 0.793. The standard InChI is InChI=1S/C11H15ClN4/c1-14-5-3-7-16(2)11-10(12)9(8-13)4-6-15-11/h4,6,14H,3,5,7H2,1-2H3. The summed E-state index contributed by atoms with van der Waals surface area (Å²) in [6, 6.07) is 3.67. The topological polar surface area (TPSA) is 52.0 Å². The van der Waals surface area contributed by atoms with E-state index in [-0.39, 0.29) is 0 Å². The van der Waals surface area contributed by atoms with Crippen molar-refractivity contribution in [2.24, 2.45) is 0 Å². The number of anilines is 1. The van der Waals surface area contributed by atoms with Gasteiger partial charge in [0.2, 0.25) is 0 Å². The van der Waals surface area contributed by atoms with Crippen molar-refractivity contribution in [2.45, 2.75) is 6.42 Å². The highest BCUT2D eigenvalue weighted by atomic mass is 35.5. The van der Waals surface area contributed by atoms with Gasteiger partial charge in [-0.15, -0.1) is 0 Å². The van der Waals surface area contributed by atoms with Crippen LogP contribution in [0.3, 0.4) is 0 Å². The van der Waals surface area contributed by atoms with Crippen molar-refractivity contribution >= 4 is 17.4 Å². The summed E-state index contributed by atoms with van der Waals surface area (Å²) in [6.45, 7) is 1.79. The molecule has 1 aromatic heterocycles. The van der Waals surface area contributed by atoms with Crippen LogP contribution in [0.2, 0.25) is 5.02 Å². The van der Waals surface area contributed by atoms with Gasteiger partial charge >= 0.3 is 0 Å². The molecule has 0 saturated carbocycles. The molecule has 5 heteroatoms. The molecule has 0 amide bonds. The normalized spacial score (nSPS) is 9.88. The summed E-state index contributed by atoms with van der Waals surface area (Å²) >= 11 is 6.07. The number of nitrogens with zero attached hydrogens (tertiary/aromatic N) is 3. The lowest BCUT2D eigenvalue weighted by atomic mass is 10.2. The van der Waals surface area contributed by atoms with Gasteiger partial charge < -0.3 is 10.2 Å². The maximum absolute atomic E-state index is 8.85. The number of halogens is 1. The molecule has 0 bridgehead atoms. The van der Waals surface area contributed by atoms with Crippen molar-refractivity contribution in [3.8, 4) is 6.07 Å². The van der Waals surface area contributed by atoms with Gasteiger partial charge in [0.05, 0.1) is 5.56 Å². The smallest absolute Gasteiger partial charge is 0.148 e. The fourth-order valence-electron chi connectivity index (χ4n) is 1.38. The van der Waals surface area contributed by atoms with Crippen LogP contribution >= 0.6 is 11.6 Å². The van der Waals surface area contributed by atoms with Crippen molar-refractivity contribution < 1.29 is 0 Å². The van der Waals surface area contributed by atoms with Crippen LogP contribution in [0.5, 0.6) is 0 Å². The van der Waals surface area contributed by atoms with Crippen LogP contribution in [-0.4, -0.2) is 32.2 Å². The molecule has 0 saturated heterocycles. The van der Waals surface area contributed by atoms with E-state index in [0.717, 1.165) is 19.5 Å². The average molecular weight is 239 g/mol. The molecule has 0 aliphatic heterocycles. The second-order valence-electron chi connectivity index (χ2n) is 3.49. The molecule has 0 spiro atoms. The first kappa shape index (κ1) is 12.8. The third kappa shape index (κ3) is 3.09. The van der Waals surface area contributed by atoms with E-state index in [4.69, 9.17) is 16.9 Å². The van der Waals surface area contributed by atoms with Crippen LogP contribution in [-0.2, 0) is 0 Å². The lowest BCUT2D eigenvalue weighted by molar-refractivity contribution is 0.709. The van der Waals surface area contributed by atoms with Crippen molar-refractivity contribution in [3.05, 3.63) is 22.8 Å². The first-order chi connectivity index (χ1) is 7.70. The Kier molecular flexibility index (Phi) is 5.03. The molecular formula is C11H15ClN4. The van der Waals surface area contributed by atoms with Gasteiger partial charge in [-0.1, -0.05) is 11.6 Å². The molecule has 1 N–H and O–H groups in total. The second kappa shape index (κ2) is 6.31. The molecule has 0 unspecified atom stereocenters. The van der Waals surface area contributed by atoms with Crippen molar-refractivity contribution in [1.29, 1.82) is 5.26 Å². The Morgan fingerprint density at radius 2 is 2.38 bits per heavy atom. The monoisotopic (exact) mass is 238 g/mol. The zero-order valence-electron chi connectivity index (χ0n) is 9.50. The van der Waals surface area contributed by atoms with Crippen LogP contribution in [0, 0.1) is 11.3 Å². The van der Waals surface area contributed by atoms with Crippen molar-refractivity contribution in [3.63, 3.8) is 0 Å². The van der Waals surface area contributed by atoms with Gasteiger partial charge in [-0.3, -0.25) is 0 Å². The summed E-state index contributed by atoms with van der Waals surface area (Å²) < 4.78 is 0. The fourth-order valence-corrected chi connectivity index (χ4v) is 1.68. The maximum Gasteiger partial charge on any atom is 0.148 e. The summed E-state index contributed by atoms with van der Waals surface area (Å²) in [5.74, 6) is 0.664. The molecule has 0 atom stereocenters. The molecule has 1 heterocycles. The van der Waals surface area contributed by atoms with Crippen LogP contribution in [0.15, 0.2) is 12.3 Å². The Hall–Kier alpha value is -1.31. The number of aromatic nitrogens is 1. The third-order valence-corrected chi connectivity index (χ3v) is 2.65. The number of hydrogen-bond donors (Lipinski definition) is 1. The Bertz CT molecular complexity index is 386. The number of hydrogen-bond acceptors (Lipinski definition) is 4. The van der Waals surface area contributed by atoms with Gasteiger partial charge in [0, 0.05) is 19.8 Å². The molecule has 0 aliphatic rings. The molecule has 0 radical (unpaired) electrons. The summed E-state index contributed by atoms with van der Waals surface area (Å²) in [4.78, 5) is 6.15. The molecule has 1 aromatic rings. The molecular weight excluding hydrogens is 224 g/mol. The number of nitriles is 1. The lowest BCUT2D eigenvalue weighted by Crippen LogP contribution is -2.23. The van der Waals surface area contributed by atoms with Gasteiger partial charge in [0.15, 0.2) is 0 Å². The van der Waals surface area contributed by atoms with E-state index in [0.29, 0.717) is 16.4 Å². The first-order valence-electron chi connectivity index (χ1n) is 5.11. The number of pyridine rings is 1. The average Bonchev–Trinajstić information content (AvgIpc) is 2.29. The van der Waals surface area contributed by atoms with E-state index < -0.39 is 0 Å². The van der Waals surface area contributed by atoms with E-state index in [1.807, 2.05) is 25.1 Å². The Morgan fingerprint density at radius 1 is 1.62 bits per heavy atom. The Balaban J connectivity index is 2.76. The maximum atomic E-state index is 8.85. The predicted molar refractivity (Wildman–Crippen MR) is 65.8 cm³/mol. The van der Waals surface area contributed by atoms with Gasteiger partial charge in [-0.05, 0) is 26.1 Å². The SMILES string of the molecule is CNCCCN(C)c1nccc(C#N)c1Cl. The zero-order valence-corrected chi connectivity index (χ0v) is 10.3. The molecule has 0 fully saturated rings. The molecule has 0 aliphatic carbocycles. The summed E-state index contributed by atoms with van der Waals surface area (Å²) in [6.07, 6.45) is 2.61. The number of nitrogens with one attached hydrogen (secondary N) is 1. The zero-order chi connectivity index (χ0) is 12.0. The summed E-state index contributed by atoms with van der Waals surface area (Å²) in [7, 11) is 3.84. The van der Waals surface area contributed by atoms with Crippen LogP contribution in [0.4, 0.5) is 5.82 Å². The van der Waals surface area contributed by atoms with E-state index in [1.54, 1.807) is 12.3 Å². The summed E-state index contributed by atoms with van der Waals surface area (Å²) in [5.41, 5.74) is 0.465. The minimum atomic E-state index is 0.428. The molecule has 4 nitrogen and oxygen atoms in total. The lowest BCUT2D eigenvalue weighted by Gasteiger charge is -2.19. The Morgan fingerprint density at radius 3 is 3.00 bits per heavy atom. The van der Waals surface area contributed by atoms with E-state index in [9.17, 15) is 0 Å². The minimum Gasteiger partial charge on any atom is -0.358 e. The van der Waals surface area contributed by atoms with E-state index >= 15 is 0 Å². The first-order valence-corrected chi connectivity index (χ1v) is 5.48. The second-order valence-corrected chi connectivity index (χ2v) is 3.86. The largest absolute Gasteiger partial charge is 0.358 e. The highest BCUT2D eigenvalue weighted by Gasteiger charge is 2.10. The van der Waals surface area contributed by atoms with Gasteiger partial charge in [-0.25, -0.2) is 4.98 Å². The van der Waals surface area contributed by atoms with Crippen LogP contribution in [0.25, 0.3) is 0 Å². The van der Waals surface area contributed by atoms with Crippen LogP contribution < -0.4 is 10.2 Å². The third-order valence-electron chi connectivity index (χ3n) is 2.27. The van der Waals surface area contributed by atoms with Gasteiger partial charge in [0.25, 0.3) is 0 Å². The molecule has 16 heavy (non-hydrogen) atoms. The molecule has 1 rings (SSSR count). The molecule has 0 aromatic carbocycles. The fraction of sp³-hybridized carbons (Fsp3) is 0.455. The minimum absolute atomic E-state index is 0.428. The van der Waals surface area contributed by atoms with Gasteiger partial charge in [-0.2, -0.15) is 5.26 Å². The predicted octanol–water partition coefficient (Wildman–Crippen LogP) is 1.65. The highest BCUT2D eigenvalue weighted by Crippen LogP contribution is 2.25. The van der Waals surface area contributed by atoms with Gasteiger partial charge in [0.1, 0.15) is 16.9 Å². The van der Waals surface area contributed by atoms with E-state index in [2.05, 4.69) is 10.3 Å². The van der Waals surface area contributed by atoms with Crippen molar-refractivity contribution in [1.82, 2.24) is 10.3 Å². The van der Waals surface area contributed by atoms with E-state index in [1.165, 1.54) is 0 Å². The van der Waals surface area contributed by atoms with Crippen LogP contribution in [0.1, 0.15) is 12.0 Å². The number of rotatable bonds is 5. The summed E-state index contributed by atoms with van der Waals surface area (Å²) in [5, 5.41) is 12.4. The molecule has 86 valence electrons. The highest BCUT2D eigenvalue weighted by molar-refractivity contribution is 6.34.